The SMILES string of the molecule is O=c1c2ccc3c4c(ccc(c42)c2nc4c5ccccc5c5ccccc5c4n12)-c1nc2c4ccccc4c4ccccc4c2n1C3O. The molecule has 48 heavy (non-hydrogen) atoms. The van der Waals surface area contributed by atoms with Crippen molar-refractivity contribution in [3.63, 3.8) is 0 Å². The van der Waals surface area contributed by atoms with Crippen LogP contribution < -0.4 is 5.56 Å². The van der Waals surface area contributed by atoms with Crippen molar-refractivity contribution in [1.29, 1.82) is 0 Å². The number of nitrogens with zero attached hydrogens (tertiary/aromatic N) is 4. The van der Waals surface area contributed by atoms with E-state index in [4.69, 9.17) is 9.97 Å². The van der Waals surface area contributed by atoms with Gasteiger partial charge in [0.1, 0.15) is 11.5 Å². The molecule has 6 nitrogen and oxygen atoms in total. The third kappa shape index (κ3) is 2.71. The highest BCUT2D eigenvalue weighted by molar-refractivity contribution is 6.28. The summed E-state index contributed by atoms with van der Waals surface area (Å²) in [6.07, 6.45) is -0.991. The second-order valence-corrected chi connectivity index (χ2v) is 12.9. The predicted octanol–water partition coefficient (Wildman–Crippen LogP) is 9.07. The fourth-order valence-electron chi connectivity index (χ4n) is 8.79. The van der Waals surface area contributed by atoms with Crippen LogP contribution in [0.2, 0.25) is 0 Å². The molecule has 6 heteroatoms. The summed E-state index contributed by atoms with van der Waals surface area (Å²) >= 11 is 0. The van der Waals surface area contributed by atoms with E-state index in [2.05, 4.69) is 72.8 Å². The normalized spacial score (nSPS) is 14.6. The first-order valence-corrected chi connectivity index (χ1v) is 16.2. The van der Waals surface area contributed by atoms with Crippen molar-refractivity contribution in [2.45, 2.75) is 6.23 Å². The van der Waals surface area contributed by atoms with Crippen molar-refractivity contribution in [2.24, 2.45) is 0 Å². The van der Waals surface area contributed by atoms with Crippen LogP contribution in [0.4, 0.5) is 0 Å². The van der Waals surface area contributed by atoms with Gasteiger partial charge >= 0.3 is 0 Å². The van der Waals surface area contributed by atoms with Gasteiger partial charge in [-0.3, -0.25) is 13.8 Å². The number of imidazole rings is 2. The van der Waals surface area contributed by atoms with E-state index in [1.165, 1.54) is 0 Å². The molecular weight excluding hydrogens is 592 g/mol. The lowest BCUT2D eigenvalue weighted by Gasteiger charge is -2.26. The topological polar surface area (TPSA) is 72.4 Å². The summed E-state index contributed by atoms with van der Waals surface area (Å²) in [7, 11) is 0. The Morgan fingerprint density at radius 2 is 1.02 bits per heavy atom. The Morgan fingerprint density at radius 1 is 0.500 bits per heavy atom. The summed E-state index contributed by atoms with van der Waals surface area (Å²) in [6, 6.07) is 41.2. The molecule has 0 fully saturated rings. The molecule has 0 bridgehead atoms. The zero-order valence-electron chi connectivity index (χ0n) is 25.3. The maximum atomic E-state index is 14.7. The Bertz CT molecular complexity index is 3340. The number of pyridine rings is 1. The smallest absolute Gasteiger partial charge is 0.264 e. The number of aliphatic hydroxyl groups is 1. The number of aromatic nitrogens is 4. The van der Waals surface area contributed by atoms with E-state index in [1.807, 2.05) is 53.1 Å². The molecule has 11 aromatic rings. The van der Waals surface area contributed by atoms with Crippen LogP contribution in [0, 0.1) is 0 Å². The van der Waals surface area contributed by atoms with Gasteiger partial charge in [-0.15, -0.1) is 0 Å². The molecule has 8 aromatic carbocycles. The number of benzene rings is 8. The maximum absolute atomic E-state index is 14.7. The molecular formula is C42H22N4O2. The van der Waals surface area contributed by atoms with Crippen LogP contribution in [0.5, 0.6) is 0 Å². The van der Waals surface area contributed by atoms with Crippen LogP contribution in [0.1, 0.15) is 11.8 Å². The van der Waals surface area contributed by atoms with Gasteiger partial charge in [0.05, 0.1) is 22.1 Å². The minimum absolute atomic E-state index is 0.116. The molecule has 1 atom stereocenters. The molecule has 4 heterocycles. The number of fused-ring (bicyclic) bond motifs is 18. The lowest BCUT2D eigenvalue weighted by atomic mass is 9.90. The van der Waals surface area contributed by atoms with Crippen LogP contribution in [-0.4, -0.2) is 24.0 Å². The maximum Gasteiger partial charge on any atom is 0.264 e. The third-order valence-electron chi connectivity index (χ3n) is 10.7. The summed E-state index contributed by atoms with van der Waals surface area (Å²) in [5.41, 5.74) is 5.55. The van der Waals surface area contributed by atoms with Crippen LogP contribution in [0.15, 0.2) is 126 Å². The van der Waals surface area contributed by atoms with E-state index >= 15 is 0 Å². The average molecular weight is 615 g/mol. The first kappa shape index (κ1) is 24.8. The Morgan fingerprint density at radius 3 is 1.67 bits per heavy atom. The summed E-state index contributed by atoms with van der Waals surface area (Å²) in [5.74, 6) is 0.693. The van der Waals surface area contributed by atoms with Gasteiger partial charge in [-0.2, -0.15) is 0 Å². The van der Waals surface area contributed by atoms with Crippen molar-refractivity contribution in [1.82, 2.24) is 18.9 Å². The van der Waals surface area contributed by atoms with Gasteiger partial charge in [0.2, 0.25) is 0 Å². The number of hydrogen-bond donors (Lipinski definition) is 1. The number of rotatable bonds is 0. The molecule has 1 aliphatic rings. The average Bonchev–Trinajstić information content (AvgIpc) is 3.75. The minimum atomic E-state index is -0.991. The molecule has 0 amide bonds. The molecule has 1 unspecified atom stereocenters. The molecule has 0 radical (unpaired) electrons. The van der Waals surface area contributed by atoms with Crippen molar-refractivity contribution < 1.29 is 5.11 Å². The van der Waals surface area contributed by atoms with Crippen molar-refractivity contribution in [2.75, 3.05) is 0 Å². The number of hydrogen-bond acceptors (Lipinski definition) is 4. The van der Waals surface area contributed by atoms with Crippen molar-refractivity contribution in [3.8, 4) is 11.4 Å². The standard InChI is InChI=1S/C42H22N4O2/c47-41-31-19-20-32-34-30(40-44-36-26-14-6-2-10-22(26)24-12-4-8-16-28(24)38(36)46(40)42(32)48)18-17-29(33(31)34)39-43-35-25-13-5-1-9-21(25)23-11-3-7-15-27(23)37(35)45(39)41/h1-20,41,47H. The van der Waals surface area contributed by atoms with Gasteiger partial charge in [0, 0.05) is 54.2 Å². The third-order valence-corrected chi connectivity index (χ3v) is 10.7. The first-order chi connectivity index (χ1) is 23.7. The molecule has 1 aliphatic heterocycles. The lowest BCUT2D eigenvalue weighted by Crippen LogP contribution is -2.19. The highest BCUT2D eigenvalue weighted by atomic mass is 16.3. The highest BCUT2D eigenvalue weighted by Gasteiger charge is 2.32. The largest absolute Gasteiger partial charge is 0.369 e. The second-order valence-electron chi connectivity index (χ2n) is 12.9. The van der Waals surface area contributed by atoms with E-state index in [0.717, 1.165) is 92.4 Å². The van der Waals surface area contributed by atoms with E-state index in [1.54, 1.807) is 4.40 Å². The van der Waals surface area contributed by atoms with Crippen molar-refractivity contribution in [3.05, 3.63) is 137 Å². The van der Waals surface area contributed by atoms with Crippen LogP contribution in [0.25, 0.3) is 104 Å². The summed E-state index contributed by atoms with van der Waals surface area (Å²) in [6.45, 7) is 0. The molecule has 1 N–H and O–H groups in total. The Balaban J connectivity index is 1.27. The van der Waals surface area contributed by atoms with Gasteiger partial charge in [-0.05, 0) is 39.7 Å². The fraction of sp³-hybridized carbons (Fsp3) is 0.0238. The van der Waals surface area contributed by atoms with Crippen molar-refractivity contribution >= 4 is 92.3 Å². The van der Waals surface area contributed by atoms with Crippen LogP contribution in [-0.2, 0) is 0 Å². The van der Waals surface area contributed by atoms with Crippen LogP contribution in [0.3, 0.4) is 0 Å². The molecule has 3 aromatic heterocycles. The van der Waals surface area contributed by atoms with E-state index in [-0.39, 0.29) is 5.56 Å². The molecule has 0 saturated carbocycles. The van der Waals surface area contributed by atoms with Gasteiger partial charge < -0.3 is 5.11 Å². The summed E-state index contributed by atoms with van der Waals surface area (Å²) < 4.78 is 3.78. The van der Waals surface area contributed by atoms with Gasteiger partial charge in [0.25, 0.3) is 5.56 Å². The lowest BCUT2D eigenvalue weighted by molar-refractivity contribution is 0.152. The van der Waals surface area contributed by atoms with E-state index < -0.39 is 6.23 Å². The first-order valence-electron chi connectivity index (χ1n) is 16.2. The molecule has 0 saturated heterocycles. The zero-order chi connectivity index (χ0) is 31.4. The Kier molecular flexibility index (Phi) is 4.30. The summed E-state index contributed by atoms with van der Waals surface area (Å²) in [4.78, 5) is 25.2. The molecule has 0 aliphatic carbocycles. The predicted molar refractivity (Wildman–Crippen MR) is 194 cm³/mol. The summed E-state index contributed by atoms with van der Waals surface area (Å²) in [5, 5.41) is 23.9. The Hall–Kier alpha value is -6.37. The van der Waals surface area contributed by atoms with E-state index in [0.29, 0.717) is 16.9 Å². The fourth-order valence-corrected chi connectivity index (χ4v) is 8.79. The van der Waals surface area contributed by atoms with Gasteiger partial charge in [-0.1, -0.05) is 103 Å². The van der Waals surface area contributed by atoms with E-state index in [9.17, 15) is 9.90 Å². The monoisotopic (exact) mass is 614 g/mol. The van der Waals surface area contributed by atoms with Gasteiger partial charge in [-0.25, -0.2) is 9.97 Å². The highest BCUT2D eigenvalue weighted by Crippen LogP contribution is 2.48. The van der Waals surface area contributed by atoms with Gasteiger partial charge in [0.15, 0.2) is 6.23 Å². The quantitative estimate of drug-likeness (QED) is 0.173. The minimum Gasteiger partial charge on any atom is -0.369 e. The molecule has 12 rings (SSSR count). The molecule has 0 spiro atoms. The zero-order valence-corrected chi connectivity index (χ0v) is 25.3. The number of aliphatic hydroxyl groups excluding tert-OH is 1. The van der Waals surface area contributed by atoms with Crippen LogP contribution >= 0.6 is 0 Å². The molecule has 222 valence electrons. The Labute approximate surface area is 270 Å². The second kappa shape index (κ2) is 8.31.